The molecule has 2 heterocycles. The van der Waals surface area contributed by atoms with Crippen molar-refractivity contribution in [1.29, 1.82) is 0 Å². The SMILES string of the molecule is COC1CC2CC(OCCCC(OC(=O)C3CCC(F)CC3)CCN3CCCN(CCCOC2=O)CC3)C1OC. The molecule has 0 N–H and O–H groups in total. The zero-order chi connectivity index (χ0) is 28.3. The van der Waals surface area contributed by atoms with Crippen LogP contribution in [0.3, 0.4) is 0 Å². The lowest BCUT2D eigenvalue weighted by molar-refractivity contribution is -0.172. The first-order chi connectivity index (χ1) is 19.5. The summed E-state index contributed by atoms with van der Waals surface area (Å²) in [4.78, 5) is 30.9. The number of ether oxygens (including phenoxy) is 5. The third kappa shape index (κ3) is 9.34. The highest BCUT2D eigenvalue weighted by molar-refractivity contribution is 5.73. The van der Waals surface area contributed by atoms with Crippen molar-refractivity contribution in [1.82, 2.24) is 9.80 Å². The highest BCUT2D eigenvalue weighted by Crippen LogP contribution is 2.32. The van der Waals surface area contributed by atoms with Gasteiger partial charge < -0.3 is 33.5 Å². The number of carbonyl (C=O) groups is 2. The van der Waals surface area contributed by atoms with Crippen LogP contribution in [0.25, 0.3) is 0 Å². The van der Waals surface area contributed by atoms with Gasteiger partial charge in [-0.15, -0.1) is 0 Å². The van der Waals surface area contributed by atoms with E-state index in [9.17, 15) is 14.0 Å². The molecular weight excluding hydrogens is 519 g/mol. The first-order valence-corrected chi connectivity index (χ1v) is 15.6. The summed E-state index contributed by atoms with van der Waals surface area (Å²) in [6, 6.07) is 0. The van der Waals surface area contributed by atoms with Crippen molar-refractivity contribution in [2.75, 3.05) is 66.7 Å². The fourth-order valence-corrected chi connectivity index (χ4v) is 6.79. The van der Waals surface area contributed by atoms with Gasteiger partial charge in [0.2, 0.25) is 0 Å². The second-order valence-electron chi connectivity index (χ2n) is 12.0. The number of nitrogens with zero attached hydrogens (tertiary/aromatic N) is 2. The highest BCUT2D eigenvalue weighted by Gasteiger charge is 2.42. The fourth-order valence-electron chi connectivity index (χ4n) is 6.79. The van der Waals surface area contributed by atoms with Crippen LogP contribution in [-0.2, 0) is 33.3 Å². The van der Waals surface area contributed by atoms with E-state index in [-0.39, 0.29) is 48.2 Å². The lowest BCUT2D eigenvalue weighted by Gasteiger charge is -2.39. The van der Waals surface area contributed by atoms with Crippen LogP contribution in [0.5, 0.6) is 0 Å². The van der Waals surface area contributed by atoms with Crippen LogP contribution in [0.2, 0.25) is 0 Å². The van der Waals surface area contributed by atoms with E-state index in [1.54, 1.807) is 14.2 Å². The number of esters is 2. The second kappa shape index (κ2) is 16.3. The molecule has 0 aromatic rings. The maximum Gasteiger partial charge on any atom is 0.309 e. The maximum absolute atomic E-state index is 13.6. The van der Waals surface area contributed by atoms with E-state index in [4.69, 9.17) is 23.7 Å². The third-order valence-corrected chi connectivity index (χ3v) is 9.26. The molecule has 2 aliphatic heterocycles. The van der Waals surface area contributed by atoms with Gasteiger partial charge in [0.15, 0.2) is 0 Å². The molecule has 0 amide bonds. The second-order valence-corrected chi connectivity index (χ2v) is 12.0. The summed E-state index contributed by atoms with van der Waals surface area (Å²) in [6.07, 6.45) is 5.46. The van der Waals surface area contributed by atoms with Gasteiger partial charge in [0.05, 0.1) is 30.7 Å². The first-order valence-electron chi connectivity index (χ1n) is 15.6. The minimum absolute atomic E-state index is 0.172. The molecule has 4 rings (SSSR count). The summed E-state index contributed by atoms with van der Waals surface area (Å²) in [5, 5.41) is 0. The van der Waals surface area contributed by atoms with E-state index in [1.165, 1.54) is 0 Å². The van der Waals surface area contributed by atoms with Crippen molar-refractivity contribution in [2.45, 2.75) is 101 Å². The van der Waals surface area contributed by atoms with Gasteiger partial charge in [-0.05, 0) is 83.7 Å². The van der Waals surface area contributed by atoms with E-state index in [2.05, 4.69) is 9.80 Å². The Kier molecular flexibility index (Phi) is 12.9. The van der Waals surface area contributed by atoms with Crippen LogP contribution < -0.4 is 0 Å². The molecule has 0 aromatic carbocycles. The zero-order valence-electron chi connectivity index (χ0n) is 24.6. The van der Waals surface area contributed by atoms with Crippen molar-refractivity contribution in [3.8, 4) is 0 Å². The summed E-state index contributed by atoms with van der Waals surface area (Å²) in [5.41, 5.74) is 0. The molecular formula is C30H51FN2O7. The van der Waals surface area contributed by atoms with E-state index in [0.717, 1.165) is 65.0 Å². The Bertz CT molecular complexity index is 781. The van der Waals surface area contributed by atoms with Crippen LogP contribution in [0.15, 0.2) is 0 Å². The highest BCUT2D eigenvalue weighted by atomic mass is 19.1. The molecule has 7 unspecified atom stereocenters. The monoisotopic (exact) mass is 570 g/mol. The van der Waals surface area contributed by atoms with Gasteiger partial charge in [0.25, 0.3) is 0 Å². The molecule has 10 heteroatoms. The number of rotatable bonds is 4. The Hall–Kier alpha value is -1.33. The van der Waals surface area contributed by atoms with Gasteiger partial charge >= 0.3 is 11.9 Å². The van der Waals surface area contributed by atoms with E-state index >= 15 is 0 Å². The molecule has 4 bridgehead atoms. The van der Waals surface area contributed by atoms with Crippen molar-refractivity contribution in [3.63, 3.8) is 0 Å². The summed E-state index contributed by atoms with van der Waals surface area (Å²) >= 11 is 0. The van der Waals surface area contributed by atoms with Crippen molar-refractivity contribution in [3.05, 3.63) is 0 Å². The average molecular weight is 571 g/mol. The van der Waals surface area contributed by atoms with Gasteiger partial charge in [-0.1, -0.05) is 0 Å². The normalized spacial score (nSPS) is 39.2. The Balaban J connectivity index is 1.41. The maximum atomic E-state index is 13.6. The molecule has 0 radical (unpaired) electrons. The molecule has 4 aliphatic rings. The summed E-state index contributed by atoms with van der Waals surface area (Å²) < 4.78 is 43.1. The lowest BCUT2D eigenvalue weighted by atomic mass is 9.83. The Morgan fingerprint density at radius 2 is 1.55 bits per heavy atom. The Labute approximate surface area is 239 Å². The lowest BCUT2D eigenvalue weighted by Crippen LogP contribution is -2.49. The smallest absolute Gasteiger partial charge is 0.309 e. The number of fused-ring (bicyclic) bond motifs is 5. The molecule has 0 aromatic heterocycles. The summed E-state index contributed by atoms with van der Waals surface area (Å²) in [5.74, 6) is -0.837. The minimum atomic E-state index is -0.792. The van der Waals surface area contributed by atoms with Crippen LogP contribution >= 0.6 is 0 Å². The van der Waals surface area contributed by atoms with Gasteiger partial charge in [0, 0.05) is 47.0 Å². The number of halogens is 1. The topological polar surface area (TPSA) is 86.8 Å². The van der Waals surface area contributed by atoms with Crippen LogP contribution in [0.4, 0.5) is 4.39 Å². The number of carbonyl (C=O) groups excluding carboxylic acids is 2. The van der Waals surface area contributed by atoms with Crippen LogP contribution in [0.1, 0.15) is 70.6 Å². The molecule has 2 saturated heterocycles. The zero-order valence-corrected chi connectivity index (χ0v) is 24.6. The van der Waals surface area contributed by atoms with E-state index in [1.807, 2.05) is 0 Å². The molecule has 40 heavy (non-hydrogen) atoms. The average Bonchev–Trinajstić information content (AvgIpc) is 3.20. The number of methoxy groups -OCH3 is 2. The molecule has 9 nitrogen and oxygen atoms in total. The number of alkyl halides is 1. The molecule has 2 aliphatic carbocycles. The number of cyclic esters (lactones) is 1. The predicted molar refractivity (Wildman–Crippen MR) is 148 cm³/mol. The molecule has 2 saturated carbocycles. The van der Waals surface area contributed by atoms with Gasteiger partial charge in [-0.3, -0.25) is 9.59 Å². The third-order valence-electron chi connectivity index (χ3n) is 9.26. The van der Waals surface area contributed by atoms with Gasteiger partial charge in [-0.2, -0.15) is 0 Å². The summed E-state index contributed by atoms with van der Waals surface area (Å²) in [7, 11) is 3.30. The standard InChI is InChI=1S/C30H51FN2O7/c1-36-26-20-23-21-27(28(26)37-2)38-18-3-6-25(40-30(35)22-7-9-24(31)10-8-22)11-15-33-13-4-12-32(16-17-33)14-5-19-39-29(23)34/h22-28H,3-21H2,1-2H3. The van der Waals surface area contributed by atoms with Gasteiger partial charge in [0.1, 0.15) is 18.4 Å². The molecule has 0 spiro atoms. The van der Waals surface area contributed by atoms with Crippen molar-refractivity contribution in [2.24, 2.45) is 11.8 Å². The molecule has 230 valence electrons. The predicted octanol–water partition coefficient (Wildman–Crippen LogP) is 3.38. The summed E-state index contributed by atoms with van der Waals surface area (Å²) in [6.45, 7) is 6.71. The quantitative estimate of drug-likeness (QED) is 0.472. The largest absolute Gasteiger partial charge is 0.465 e. The van der Waals surface area contributed by atoms with Gasteiger partial charge in [-0.25, -0.2) is 4.39 Å². The van der Waals surface area contributed by atoms with E-state index in [0.29, 0.717) is 58.2 Å². The number of hydrogen-bond acceptors (Lipinski definition) is 9. The Morgan fingerprint density at radius 1 is 0.825 bits per heavy atom. The van der Waals surface area contributed by atoms with Crippen LogP contribution in [0, 0.1) is 11.8 Å². The Morgan fingerprint density at radius 3 is 2.27 bits per heavy atom. The molecule has 7 atom stereocenters. The molecule has 4 fully saturated rings. The van der Waals surface area contributed by atoms with E-state index < -0.39 is 6.17 Å². The van der Waals surface area contributed by atoms with Crippen LogP contribution in [-0.4, -0.2) is 119 Å². The van der Waals surface area contributed by atoms with Crippen molar-refractivity contribution < 1.29 is 37.7 Å². The first kappa shape index (κ1) is 31.6. The fraction of sp³-hybridized carbons (Fsp3) is 0.933. The number of hydrogen-bond donors (Lipinski definition) is 0. The minimum Gasteiger partial charge on any atom is -0.465 e. The van der Waals surface area contributed by atoms with Crippen molar-refractivity contribution >= 4 is 11.9 Å².